The topological polar surface area (TPSA) is 132 Å². The van der Waals surface area contributed by atoms with Crippen LogP contribution in [0.25, 0.3) is 0 Å². The third kappa shape index (κ3) is 11.8. The van der Waals surface area contributed by atoms with Gasteiger partial charge < -0.3 is 25.7 Å². The molecule has 2 heterocycles. The Hall–Kier alpha value is -2.68. The molecule has 0 saturated heterocycles. The van der Waals surface area contributed by atoms with Gasteiger partial charge in [-0.05, 0) is 81.5 Å². The van der Waals surface area contributed by atoms with Gasteiger partial charge in [-0.15, -0.1) is 0 Å². The fraction of sp³-hybridized carbons (Fsp3) is 0.704. The maximum atomic E-state index is 12.3. The van der Waals surface area contributed by atoms with Gasteiger partial charge in [0.2, 0.25) is 5.91 Å². The summed E-state index contributed by atoms with van der Waals surface area (Å²) in [4.78, 5) is 41.8. The number of carbonyl (C=O) groups is 3. The number of nitrogens with zero attached hydrogens (tertiary/aromatic N) is 2. The lowest BCUT2D eigenvalue weighted by Gasteiger charge is -2.25. The summed E-state index contributed by atoms with van der Waals surface area (Å²) in [5.74, 6) is -1.08. The van der Waals surface area contributed by atoms with Gasteiger partial charge in [0, 0.05) is 31.6 Å². The van der Waals surface area contributed by atoms with Crippen molar-refractivity contribution in [2.75, 3.05) is 31.5 Å². The van der Waals surface area contributed by atoms with E-state index in [2.05, 4.69) is 27.7 Å². The van der Waals surface area contributed by atoms with Gasteiger partial charge in [0.25, 0.3) is 0 Å². The first kappa shape index (κ1) is 29.5. The summed E-state index contributed by atoms with van der Waals surface area (Å²) in [6.07, 6.45) is 7.00. The van der Waals surface area contributed by atoms with E-state index in [1.807, 2.05) is 20.8 Å². The van der Waals surface area contributed by atoms with Crippen molar-refractivity contribution in [3.05, 3.63) is 23.4 Å². The lowest BCUT2D eigenvalue weighted by molar-refractivity contribution is -0.142. The Balaban J connectivity index is 1.85. The van der Waals surface area contributed by atoms with E-state index >= 15 is 0 Å². The highest BCUT2D eigenvalue weighted by atomic mass is 16.4. The number of rotatable bonds is 16. The van der Waals surface area contributed by atoms with Crippen molar-refractivity contribution < 1.29 is 24.6 Å². The normalized spacial score (nSPS) is 14.1. The van der Waals surface area contributed by atoms with E-state index in [0.717, 1.165) is 63.1 Å². The Bertz CT molecular complexity index is 868. The third-order valence-electron chi connectivity index (χ3n) is 6.28. The van der Waals surface area contributed by atoms with E-state index < -0.39 is 18.0 Å². The van der Waals surface area contributed by atoms with Crippen LogP contribution < -0.4 is 10.6 Å². The average Bonchev–Trinajstić information content (AvgIpc) is 2.79. The smallest absolute Gasteiger partial charge is 0.326 e. The minimum atomic E-state index is -1.03. The summed E-state index contributed by atoms with van der Waals surface area (Å²) in [6, 6.07) is 3.33. The highest BCUT2D eigenvalue weighted by Gasteiger charge is 2.24. The summed E-state index contributed by atoms with van der Waals surface area (Å²) in [5, 5.41) is 24.6. The van der Waals surface area contributed by atoms with E-state index in [4.69, 9.17) is 10.1 Å². The van der Waals surface area contributed by atoms with Crippen molar-refractivity contribution >= 4 is 23.7 Å². The molecule has 1 unspecified atom stereocenters. The lowest BCUT2D eigenvalue weighted by atomic mass is 9.92. The fourth-order valence-corrected chi connectivity index (χ4v) is 4.39. The van der Waals surface area contributed by atoms with E-state index in [1.165, 1.54) is 5.56 Å². The number of aliphatic carboxylic acids is 2. The number of amides is 1. The largest absolute Gasteiger partial charge is 0.481 e. The summed E-state index contributed by atoms with van der Waals surface area (Å²) in [5.41, 5.74) is 2.13. The first-order chi connectivity index (χ1) is 17.0. The van der Waals surface area contributed by atoms with Gasteiger partial charge >= 0.3 is 11.9 Å². The molecule has 1 aliphatic rings. The molecule has 0 bridgehead atoms. The maximum Gasteiger partial charge on any atom is 0.326 e. The molecule has 202 valence electrons. The van der Waals surface area contributed by atoms with Crippen molar-refractivity contribution in [3.63, 3.8) is 0 Å². The van der Waals surface area contributed by atoms with Gasteiger partial charge in [0.15, 0.2) is 0 Å². The standard InChI is InChI=1S/C27H44N4O5/c1-27(2,3)19-23(32)30-22(26(35)36)14-18-31(17-7-5-11-24(33)34)16-6-4-10-21-13-12-20-9-8-15-28-25(20)29-21/h12-13,22H,4-11,14-19H2,1-3H3,(H,28,29)(H,30,32)(H,33,34)(H,35,36). The number of hydrogen-bond acceptors (Lipinski definition) is 6. The Labute approximate surface area is 215 Å². The van der Waals surface area contributed by atoms with Crippen LogP contribution in [-0.2, 0) is 27.2 Å². The molecule has 0 radical (unpaired) electrons. The third-order valence-corrected chi connectivity index (χ3v) is 6.28. The number of fused-ring (bicyclic) bond motifs is 1. The number of carbonyl (C=O) groups excluding carboxylic acids is 1. The zero-order valence-corrected chi connectivity index (χ0v) is 22.1. The minimum Gasteiger partial charge on any atom is -0.481 e. The average molecular weight is 505 g/mol. The van der Waals surface area contributed by atoms with E-state index in [-0.39, 0.29) is 24.2 Å². The van der Waals surface area contributed by atoms with Crippen LogP contribution in [0, 0.1) is 5.41 Å². The van der Waals surface area contributed by atoms with Crippen LogP contribution in [0.5, 0.6) is 0 Å². The monoisotopic (exact) mass is 504 g/mol. The zero-order valence-electron chi connectivity index (χ0n) is 22.1. The molecular formula is C27H44N4O5. The van der Waals surface area contributed by atoms with E-state index in [9.17, 15) is 19.5 Å². The van der Waals surface area contributed by atoms with Gasteiger partial charge in [-0.2, -0.15) is 0 Å². The number of aromatic nitrogens is 1. The Morgan fingerprint density at radius 3 is 2.47 bits per heavy atom. The molecule has 4 N–H and O–H groups in total. The second kappa shape index (κ2) is 14.8. The number of pyridine rings is 1. The SMILES string of the molecule is CC(C)(C)CC(=O)NC(CCN(CCCCC(=O)O)CCCCc1ccc2c(n1)NCCC2)C(=O)O. The van der Waals surface area contributed by atoms with Gasteiger partial charge in [0.05, 0.1) is 0 Å². The maximum absolute atomic E-state index is 12.3. The van der Waals surface area contributed by atoms with Gasteiger partial charge in [-0.1, -0.05) is 26.8 Å². The van der Waals surface area contributed by atoms with Gasteiger partial charge in [-0.3, -0.25) is 9.59 Å². The number of nitrogens with one attached hydrogen (secondary N) is 2. The Kier molecular flexibility index (Phi) is 12.1. The first-order valence-corrected chi connectivity index (χ1v) is 13.2. The molecule has 0 aromatic carbocycles. The lowest BCUT2D eigenvalue weighted by Crippen LogP contribution is -2.44. The Morgan fingerprint density at radius 1 is 1.08 bits per heavy atom. The highest BCUT2D eigenvalue weighted by Crippen LogP contribution is 2.20. The van der Waals surface area contributed by atoms with E-state index in [1.54, 1.807) is 0 Å². The quantitative estimate of drug-likeness (QED) is 0.251. The molecule has 1 amide bonds. The van der Waals surface area contributed by atoms with Crippen molar-refractivity contribution in [2.45, 2.75) is 91.0 Å². The van der Waals surface area contributed by atoms with E-state index in [0.29, 0.717) is 25.9 Å². The Morgan fingerprint density at radius 2 is 1.81 bits per heavy atom. The second-order valence-corrected chi connectivity index (χ2v) is 11.0. The van der Waals surface area contributed by atoms with Crippen LogP contribution in [0.1, 0.15) is 83.4 Å². The van der Waals surface area contributed by atoms with Crippen molar-refractivity contribution in [2.24, 2.45) is 5.41 Å². The van der Waals surface area contributed by atoms with Crippen molar-refractivity contribution in [1.29, 1.82) is 0 Å². The van der Waals surface area contributed by atoms with Crippen LogP contribution in [0.2, 0.25) is 0 Å². The molecule has 1 aromatic heterocycles. The molecule has 1 atom stereocenters. The number of carboxylic acids is 2. The van der Waals surface area contributed by atoms with Crippen LogP contribution in [0.15, 0.2) is 12.1 Å². The zero-order chi connectivity index (χ0) is 26.6. The molecule has 0 saturated carbocycles. The van der Waals surface area contributed by atoms with Crippen LogP contribution in [0.3, 0.4) is 0 Å². The van der Waals surface area contributed by atoms with Crippen LogP contribution >= 0.6 is 0 Å². The number of hydrogen-bond donors (Lipinski definition) is 4. The highest BCUT2D eigenvalue weighted by molar-refractivity contribution is 5.83. The summed E-state index contributed by atoms with van der Waals surface area (Å²) in [6.45, 7) is 8.82. The van der Waals surface area contributed by atoms with Crippen molar-refractivity contribution in [3.8, 4) is 0 Å². The van der Waals surface area contributed by atoms with Crippen molar-refractivity contribution in [1.82, 2.24) is 15.2 Å². The summed E-state index contributed by atoms with van der Waals surface area (Å²) in [7, 11) is 0. The van der Waals surface area contributed by atoms with Gasteiger partial charge in [-0.25, -0.2) is 9.78 Å². The molecule has 0 spiro atoms. The fourth-order valence-electron chi connectivity index (χ4n) is 4.39. The first-order valence-electron chi connectivity index (χ1n) is 13.2. The number of anilines is 1. The predicted octanol–water partition coefficient (Wildman–Crippen LogP) is 3.72. The number of carboxylic acid groups (broad SMARTS) is 2. The number of unbranched alkanes of at least 4 members (excludes halogenated alkanes) is 2. The summed E-state index contributed by atoms with van der Waals surface area (Å²) < 4.78 is 0. The molecule has 9 heteroatoms. The second-order valence-electron chi connectivity index (χ2n) is 11.0. The molecule has 1 aromatic rings. The molecular weight excluding hydrogens is 460 g/mol. The molecule has 0 aliphatic carbocycles. The van der Waals surface area contributed by atoms with Gasteiger partial charge in [0.1, 0.15) is 11.9 Å². The molecule has 2 rings (SSSR count). The molecule has 36 heavy (non-hydrogen) atoms. The molecule has 1 aliphatic heterocycles. The predicted molar refractivity (Wildman–Crippen MR) is 140 cm³/mol. The molecule has 0 fully saturated rings. The van der Waals surface area contributed by atoms with Crippen LogP contribution in [0.4, 0.5) is 5.82 Å². The van der Waals surface area contributed by atoms with Crippen LogP contribution in [-0.4, -0.2) is 70.2 Å². The molecule has 9 nitrogen and oxygen atoms in total. The summed E-state index contributed by atoms with van der Waals surface area (Å²) >= 11 is 0. The number of aryl methyl sites for hydroxylation is 2. The minimum absolute atomic E-state index is 0.131.